The molecule has 82 valence electrons. The lowest BCUT2D eigenvalue weighted by Gasteiger charge is -2.39. The quantitative estimate of drug-likeness (QED) is 0.729. The van der Waals surface area contributed by atoms with Crippen molar-refractivity contribution in [2.75, 3.05) is 6.54 Å². The second-order valence-electron chi connectivity index (χ2n) is 6.12. The van der Waals surface area contributed by atoms with Gasteiger partial charge in [-0.3, -0.25) is 0 Å². The first-order valence-corrected chi connectivity index (χ1v) is 6.25. The summed E-state index contributed by atoms with van der Waals surface area (Å²) in [6.45, 7) is 10.9. The third kappa shape index (κ3) is 1.18. The molecule has 2 aliphatic carbocycles. The van der Waals surface area contributed by atoms with Crippen LogP contribution in [0.2, 0.25) is 0 Å². The van der Waals surface area contributed by atoms with Gasteiger partial charge >= 0.3 is 0 Å². The second-order valence-corrected chi connectivity index (χ2v) is 6.12. The molecule has 14 heavy (non-hydrogen) atoms. The predicted molar refractivity (Wildman–Crippen MR) is 61.3 cm³/mol. The van der Waals surface area contributed by atoms with E-state index in [1.54, 1.807) is 0 Å². The number of rotatable bonds is 3. The summed E-state index contributed by atoms with van der Waals surface area (Å²) in [6, 6.07) is 0.788. The van der Waals surface area contributed by atoms with Crippen molar-refractivity contribution in [1.29, 1.82) is 0 Å². The molecule has 0 aliphatic heterocycles. The summed E-state index contributed by atoms with van der Waals surface area (Å²) in [5, 5.41) is 3.76. The average molecular weight is 195 g/mol. The Morgan fingerprint density at radius 2 is 2.00 bits per heavy atom. The van der Waals surface area contributed by atoms with E-state index in [1.807, 2.05) is 0 Å². The van der Waals surface area contributed by atoms with Crippen LogP contribution in [0.5, 0.6) is 0 Å². The molecule has 0 aromatic heterocycles. The summed E-state index contributed by atoms with van der Waals surface area (Å²) in [6.07, 6.45) is 5.58. The molecule has 2 aliphatic rings. The highest BCUT2D eigenvalue weighted by atomic mass is 15.0. The van der Waals surface area contributed by atoms with E-state index in [-0.39, 0.29) is 0 Å². The molecule has 0 amide bonds. The first-order valence-electron chi connectivity index (χ1n) is 6.25. The minimum absolute atomic E-state index is 0.562. The standard InChI is InChI=1S/C13H25N/c1-5-8-14-11-9-10-6-7-13(11,4)12(10,2)3/h10-11,14H,5-9H2,1-4H3/t10-,11-,13-/m1/s1. The van der Waals surface area contributed by atoms with Crippen LogP contribution >= 0.6 is 0 Å². The molecule has 0 aromatic carbocycles. The van der Waals surface area contributed by atoms with E-state index < -0.39 is 0 Å². The zero-order valence-electron chi connectivity index (χ0n) is 10.2. The minimum Gasteiger partial charge on any atom is -0.313 e. The number of nitrogens with one attached hydrogen (secondary N) is 1. The molecular weight excluding hydrogens is 170 g/mol. The van der Waals surface area contributed by atoms with Gasteiger partial charge in [0, 0.05) is 6.04 Å². The van der Waals surface area contributed by atoms with E-state index in [9.17, 15) is 0 Å². The zero-order valence-corrected chi connectivity index (χ0v) is 10.2. The second kappa shape index (κ2) is 3.23. The van der Waals surface area contributed by atoms with Crippen molar-refractivity contribution < 1.29 is 0 Å². The highest BCUT2D eigenvalue weighted by molar-refractivity contribution is 5.12. The fourth-order valence-corrected chi connectivity index (χ4v) is 3.83. The van der Waals surface area contributed by atoms with Crippen molar-refractivity contribution in [3.05, 3.63) is 0 Å². The molecule has 2 bridgehead atoms. The van der Waals surface area contributed by atoms with Crippen LogP contribution < -0.4 is 5.32 Å². The maximum atomic E-state index is 3.76. The van der Waals surface area contributed by atoms with Gasteiger partial charge in [0.25, 0.3) is 0 Å². The molecule has 1 nitrogen and oxygen atoms in total. The van der Waals surface area contributed by atoms with Crippen LogP contribution in [-0.2, 0) is 0 Å². The molecule has 2 saturated carbocycles. The van der Waals surface area contributed by atoms with Crippen LogP contribution in [0.1, 0.15) is 53.4 Å². The van der Waals surface area contributed by atoms with Crippen LogP contribution in [0.4, 0.5) is 0 Å². The van der Waals surface area contributed by atoms with Crippen molar-refractivity contribution in [3.63, 3.8) is 0 Å². The van der Waals surface area contributed by atoms with E-state index in [2.05, 4.69) is 33.0 Å². The van der Waals surface area contributed by atoms with Gasteiger partial charge in [-0.1, -0.05) is 27.7 Å². The number of hydrogen-bond acceptors (Lipinski definition) is 1. The molecule has 2 rings (SSSR count). The molecule has 1 heteroatoms. The fraction of sp³-hybridized carbons (Fsp3) is 1.00. The fourth-order valence-electron chi connectivity index (χ4n) is 3.83. The van der Waals surface area contributed by atoms with Crippen LogP contribution in [0, 0.1) is 16.7 Å². The van der Waals surface area contributed by atoms with E-state index in [0.717, 1.165) is 12.0 Å². The van der Waals surface area contributed by atoms with E-state index in [4.69, 9.17) is 0 Å². The Morgan fingerprint density at radius 1 is 1.29 bits per heavy atom. The van der Waals surface area contributed by atoms with Gasteiger partial charge in [-0.15, -0.1) is 0 Å². The van der Waals surface area contributed by atoms with Crippen molar-refractivity contribution in [2.24, 2.45) is 16.7 Å². The Morgan fingerprint density at radius 3 is 2.43 bits per heavy atom. The van der Waals surface area contributed by atoms with Gasteiger partial charge in [0.05, 0.1) is 0 Å². The normalized spacial score (nSPS) is 44.6. The number of hydrogen-bond donors (Lipinski definition) is 1. The molecule has 0 spiro atoms. The summed E-state index contributed by atoms with van der Waals surface area (Å²) in [7, 11) is 0. The Bertz CT molecular complexity index is 221. The first kappa shape index (κ1) is 10.5. The van der Waals surface area contributed by atoms with Gasteiger partial charge in [-0.25, -0.2) is 0 Å². The summed E-state index contributed by atoms with van der Waals surface area (Å²) in [4.78, 5) is 0. The topological polar surface area (TPSA) is 12.0 Å². The third-order valence-electron chi connectivity index (χ3n) is 5.43. The first-order chi connectivity index (χ1) is 6.52. The molecule has 0 aromatic rings. The SMILES string of the molecule is CCCN[C@@H]1C[C@H]2CC[C@@]1(C)C2(C)C. The van der Waals surface area contributed by atoms with Crippen molar-refractivity contribution in [2.45, 2.75) is 59.4 Å². The van der Waals surface area contributed by atoms with E-state index in [0.29, 0.717) is 10.8 Å². The number of fused-ring (bicyclic) bond motifs is 2. The van der Waals surface area contributed by atoms with Crippen molar-refractivity contribution in [1.82, 2.24) is 5.32 Å². The molecular formula is C13H25N. The van der Waals surface area contributed by atoms with Gasteiger partial charge in [0.1, 0.15) is 0 Å². The Labute approximate surface area is 88.7 Å². The van der Waals surface area contributed by atoms with Gasteiger partial charge in [0.2, 0.25) is 0 Å². The molecule has 2 fully saturated rings. The summed E-state index contributed by atoms with van der Waals surface area (Å²) in [5.41, 5.74) is 1.13. The van der Waals surface area contributed by atoms with Gasteiger partial charge in [0.15, 0.2) is 0 Å². The zero-order chi connectivity index (χ0) is 10.4. The van der Waals surface area contributed by atoms with Crippen LogP contribution in [0.25, 0.3) is 0 Å². The maximum absolute atomic E-state index is 3.76. The van der Waals surface area contributed by atoms with E-state index >= 15 is 0 Å². The monoisotopic (exact) mass is 195 g/mol. The largest absolute Gasteiger partial charge is 0.313 e. The lowest BCUT2D eigenvalue weighted by atomic mass is 9.69. The Balaban J connectivity index is 2.11. The van der Waals surface area contributed by atoms with Gasteiger partial charge in [-0.2, -0.15) is 0 Å². The molecule has 0 saturated heterocycles. The third-order valence-corrected chi connectivity index (χ3v) is 5.43. The van der Waals surface area contributed by atoms with E-state index in [1.165, 1.54) is 32.2 Å². The summed E-state index contributed by atoms with van der Waals surface area (Å²) in [5.74, 6) is 0.974. The highest BCUT2D eigenvalue weighted by Gasteiger charge is 2.60. The minimum atomic E-state index is 0.562. The van der Waals surface area contributed by atoms with Crippen LogP contribution in [0.15, 0.2) is 0 Å². The van der Waals surface area contributed by atoms with Gasteiger partial charge in [-0.05, 0) is 49.0 Å². The van der Waals surface area contributed by atoms with Gasteiger partial charge < -0.3 is 5.32 Å². The lowest BCUT2D eigenvalue weighted by molar-refractivity contribution is 0.121. The molecule has 0 radical (unpaired) electrons. The Kier molecular flexibility index (Phi) is 2.42. The predicted octanol–water partition coefficient (Wildman–Crippen LogP) is 3.20. The highest BCUT2D eigenvalue weighted by Crippen LogP contribution is 2.65. The summed E-state index contributed by atoms with van der Waals surface area (Å²) >= 11 is 0. The van der Waals surface area contributed by atoms with Crippen LogP contribution in [0.3, 0.4) is 0 Å². The average Bonchev–Trinajstić information content (AvgIpc) is 2.46. The smallest absolute Gasteiger partial charge is 0.0129 e. The molecule has 1 N–H and O–H groups in total. The lowest BCUT2D eigenvalue weighted by Crippen LogP contribution is -2.44. The van der Waals surface area contributed by atoms with Crippen LogP contribution in [-0.4, -0.2) is 12.6 Å². The molecule has 3 atom stereocenters. The molecule has 0 heterocycles. The summed E-state index contributed by atoms with van der Waals surface area (Å²) < 4.78 is 0. The maximum Gasteiger partial charge on any atom is 0.0129 e. The van der Waals surface area contributed by atoms with Crippen molar-refractivity contribution in [3.8, 4) is 0 Å². The Hall–Kier alpha value is -0.0400. The molecule has 0 unspecified atom stereocenters. The van der Waals surface area contributed by atoms with Crippen molar-refractivity contribution >= 4 is 0 Å².